The van der Waals surface area contributed by atoms with Gasteiger partial charge in [0.2, 0.25) is 0 Å². The third kappa shape index (κ3) is 5.14. The van der Waals surface area contributed by atoms with E-state index in [9.17, 15) is 4.79 Å². The average Bonchev–Trinajstić information content (AvgIpc) is 2.66. The molecule has 0 aliphatic carbocycles. The Balaban J connectivity index is 2.00. The molecular formula is C20H24BrNO4. The molecule has 5 nitrogen and oxygen atoms in total. The van der Waals surface area contributed by atoms with Gasteiger partial charge in [-0.3, -0.25) is 4.79 Å². The van der Waals surface area contributed by atoms with Crippen LogP contribution in [0.2, 0.25) is 0 Å². The molecule has 2 aromatic carbocycles. The van der Waals surface area contributed by atoms with E-state index in [-0.39, 0.29) is 18.6 Å². The zero-order chi connectivity index (χ0) is 19.1. The van der Waals surface area contributed by atoms with Gasteiger partial charge >= 0.3 is 0 Å². The van der Waals surface area contributed by atoms with Crippen molar-refractivity contribution in [2.75, 3.05) is 20.8 Å². The highest BCUT2D eigenvalue weighted by Gasteiger charge is 2.16. The van der Waals surface area contributed by atoms with Crippen LogP contribution in [0, 0.1) is 6.92 Å². The summed E-state index contributed by atoms with van der Waals surface area (Å²) < 4.78 is 17.2. The number of aryl methyl sites for hydroxylation is 1. The minimum atomic E-state index is -0.174. The van der Waals surface area contributed by atoms with Crippen LogP contribution < -0.4 is 19.5 Å². The number of ether oxygens (including phenoxy) is 3. The molecule has 0 heterocycles. The fraction of sp³-hybridized carbons (Fsp3) is 0.350. The Kier molecular flexibility index (Phi) is 7.33. The van der Waals surface area contributed by atoms with Gasteiger partial charge in [-0.1, -0.05) is 28.9 Å². The first-order valence-electron chi connectivity index (χ1n) is 8.38. The van der Waals surface area contributed by atoms with Crippen molar-refractivity contribution in [3.8, 4) is 17.2 Å². The molecule has 0 aromatic heterocycles. The van der Waals surface area contributed by atoms with Crippen LogP contribution >= 0.6 is 15.9 Å². The smallest absolute Gasteiger partial charge is 0.258 e. The topological polar surface area (TPSA) is 56.8 Å². The van der Waals surface area contributed by atoms with Gasteiger partial charge in [0.1, 0.15) is 5.75 Å². The molecule has 6 heteroatoms. The summed E-state index contributed by atoms with van der Waals surface area (Å²) in [6, 6.07) is 11.1. The summed E-state index contributed by atoms with van der Waals surface area (Å²) in [6.07, 6.45) is 0.749. The molecule has 0 aliphatic heterocycles. The number of carbonyl (C=O) groups is 1. The first-order chi connectivity index (χ1) is 12.5. The van der Waals surface area contributed by atoms with Gasteiger partial charge in [-0.2, -0.15) is 0 Å². The predicted octanol–water partition coefficient (Wildman–Crippen LogP) is 4.42. The quantitative estimate of drug-likeness (QED) is 0.684. The van der Waals surface area contributed by atoms with Crippen molar-refractivity contribution >= 4 is 21.8 Å². The number of benzene rings is 2. The number of nitrogens with one attached hydrogen (secondary N) is 1. The van der Waals surface area contributed by atoms with Crippen molar-refractivity contribution in [2.45, 2.75) is 26.3 Å². The number of halogens is 1. The second-order valence-electron chi connectivity index (χ2n) is 5.84. The minimum Gasteiger partial charge on any atom is -0.493 e. The Morgan fingerprint density at radius 3 is 2.46 bits per heavy atom. The summed E-state index contributed by atoms with van der Waals surface area (Å²) in [6.45, 7) is 3.95. The number of rotatable bonds is 8. The van der Waals surface area contributed by atoms with Crippen molar-refractivity contribution in [3.05, 3.63) is 52.0 Å². The average molecular weight is 422 g/mol. The Morgan fingerprint density at radius 1 is 1.12 bits per heavy atom. The molecule has 0 fully saturated rings. The van der Waals surface area contributed by atoms with Crippen LogP contribution in [0.5, 0.6) is 17.2 Å². The van der Waals surface area contributed by atoms with Crippen LogP contribution in [0.4, 0.5) is 0 Å². The molecule has 0 aliphatic rings. The molecular weight excluding hydrogens is 398 g/mol. The van der Waals surface area contributed by atoms with Gasteiger partial charge in [0, 0.05) is 4.47 Å². The summed E-state index contributed by atoms with van der Waals surface area (Å²) in [5.41, 5.74) is 2.01. The van der Waals surface area contributed by atoms with Gasteiger partial charge in [-0.25, -0.2) is 0 Å². The largest absolute Gasteiger partial charge is 0.493 e. The molecule has 140 valence electrons. The molecule has 0 saturated carbocycles. The maximum Gasteiger partial charge on any atom is 0.258 e. The fourth-order valence-electron chi connectivity index (χ4n) is 2.58. The van der Waals surface area contributed by atoms with Gasteiger partial charge < -0.3 is 19.5 Å². The first kappa shape index (κ1) is 20.1. The third-order valence-corrected chi connectivity index (χ3v) is 4.94. The minimum absolute atomic E-state index is 0.0368. The summed E-state index contributed by atoms with van der Waals surface area (Å²) in [4.78, 5) is 12.3. The van der Waals surface area contributed by atoms with Crippen molar-refractivity contribution in [2.24, 2.45) is 0 Å². The van der Waals surface area contributed by atoms with Crippen molar-refractivity contribution < 1.29 is 19.0 Å². The predicted molar refractivity (Wildman–Crippen MR) is 105 cm³/mol. The molecule has 0 unspecified atom stereocenters. The van der Waals surface area contributed by atoms with E-state index in [1.165, 1.54) is 0 Å². The van der Waals surface area contributed by atoms with Crippen LogP contribution in [-0.4, -0.2) is 26.7 Å². The molecule has 0 saturated heterocycles. The number of hydrogen-bond donors (Lipinski definition) is 1. The van der Waals surface area contributed by atoms with Crippen molar-refractivity contribution in [1.82, 2.24) is 5.32 Å². The van der Waals surface area contributed by atoms with Crippen LogP contribution in [0.15, 0.2) is 40.9 Å². The maximum atomic E-state index is 12.3. The summed E-state index contributed by atoms with van der Waals surface area (Å²) in [5.74, 6) is 1.79. The summed E-state index contributed by atoms with van der Waals surface area (Å²) in [5, 5.41) is 3.00. The second kappa shape index (κ2) is 9.48. The molecule has 0 spiro atoms. The maximum absolute atomic E-state index is 12.3. The van der Waals surface area contributed by atoms with Crippen LogP contribution in [0.1, 0.15) is 30.5 Å². The lowest BCUT2D eigenvalue weighted by atomic mass is 10.0. The van der Waals surface area contributed by atoms with E-state index < -0.39 is 0 Å². The highest BCUT2D eigenvalue weighted by molar-refractivity contribution is 9.10. The van der Waals surface area contributed by atoms with E-state index in [0.717, 1.165) is 22.0 Å². The lowest BCUT2D eigenvalue weighted by molar-refractivity contribution is -0.123. The van der Waals surface area contributed by atoms with E-state index in [1.54, 1.807) is 14.2 Å². The van der Waals surface area contributed by atoms with E-state index in [0.29, 0.717) is 17.2 Å². The van der Waals surface area contributed by atoms with Gasteiger partial charge in [0.25, 0.3) is 5.91 Å². The Hall–Kier alpha value is -2.21. The number of hydrogen-bond acceptors (Lipinski definition) is 4. The lowest BCUT2D eigenvalue weighted by Crippen LogP contribution is -2.32. The Bertz CT molecular complexity index is 763. The SMILES string of the molecule is CC[C@H](NC(=O)COc1ccc(Br)c(C)c1)c1ccc(OC)c(OC)c1. The van der Waals surface area contributed by atoms with Gasteiger partial charge in [0.15, 0.2) is 18.1 Å². The van der Waals surface area contributed by atoms with E-state index in [1.807, 2.05) is 50.2 Å². The zero-order valence-corrected chi connectivity index (χ0v) is 17.1. The number of carbonyl (C=O) groups excluding carboxylic acids is 1. The number of amides is 1. The monoisotopic (exact) mass is 421 g/mol. The van der Waals surface area contributed by atoms with E-state index in [4.69, 9.17) is 14.2 Å². The fourth-order valence-corrected chi connectivity index (χ4v) is 2.83. The van der Waals surface area contributed by atoms with Crippen molar-refractivity contribution in [1.29, 1.82) is 0 Å². The molecule has 0 radical (unpaired) electrons. The zero-order valence-electron chi connectivity index (χ0n) is 15.5. The summed E-state index contributed by atoms with van der Waals surface area (Å²) >= 11 is 3.45. The molecule has 1 amide bonds. The first-order valence-corrected chi connectivity index (χ1v) is 9.18. The molecule has 26 heavy (non-hydrogen) atoms. The molecule has 2 aromatic rings. The van der Waals surface area contributed by atoms with Crippen LogP contribution in [-0.2, 0) is 4.79 Å². The lowest BCUT2D eigenvalue weighted by Gasteiger charge is -2.19. The van der Waals surface area contributed by atoms with Gasteiger partial charge in [-0.05, 0) is 54.8 Å². The number of methoxy groups -OCH3 is 2. The molecule has 1 N–H and O–H groups in total. The molecule has 0 bridgehead atoms. The summed E-state index contributed by atoms with van der Waals surface area (Å²) in [7, 11) is 3.19. The van der Waals surface area contributed by atoms with Crippen LogP contribution in [0.3, 0.4) is 0 Å². The second-order valence-corrected chi connectivity index (χ2v) is 6.70. The molecule has 1 atom stereocenters. The Morgan fingerprint density at radius 2 is 1.85 bits per heavy atom. The highest BCUT2D eigenvalue weighted by Crippen LogP contribution is 2.30. The van der Waals surface area contributed by atoms with E-state index in [2.05, 4.69) is 21.2 Å². The normalized spacial score (nSPS) is 11.6. The molecule has 2 rings (SSSR count). The van der Waals surface area contributed by atoms with Gasteiger partial charge in [0.05, 0.1) is 20.3 Å². The highest BCUT2D eigenvalue weighted by atomic mass is 79.9. The van der Waals surface area contributed by atoms with E-state index >= 15 is 0 Å². The standard InChI is InChI=1S/C20H24BrNO4/c1-5-17(14-6-9-18(24-3)19(11-14)25-4)22-20(23)12-26-15-7-8-16(21)13(2)10-15/h6-11,17H,5,12H2,1-4H3,(H,22,23)/t17-/m0/s1. The van der Waals surface area contributed by atoms with Crippen molar-refractivity contribution in [3.63, 3.8) is 0 Å². The third-order valence-electron chi connectivity index (χ3n) is 4.05. The van der Waals surface area contributed by atoms with Gasteiger partial charge in [-0.15, -0.1) is 0 Å². The Labute approximate surface area is 162 Å². The van der Waals surface area contributed by atoms with Crippen LogP contribution in [0.25, 0.3) is 0 Å².